The predicted molar refractivity (Wildman–Crippen MR) is 106 cm³/mol. The van der Waals surface area contributed by atoms with Crippen molar-refractivity contribution in [1.29, 1.82) is 0 Å². The van der Waals surface area contributed by atoms with Crippen LogP contribution in [0.3, 0.4) is 0 Å². The maximum absolute atomic E-state index is 11.8. The number of phosphoric acid groups is 1. The number of phosphoric ester groups is 1. The number of fused-ring (bicyclic) bond motifs is 3. The molecule has 9 heteroatoms. The Hall–Kier alpha value is -1.96. The van der Waals surface area contributed by atoms with Gasteiger partial charge in [-0.1, -0.05) is 6.07 Å². The standard InChI is InChI=1S/C19H24N3O5P/c1-12(2)22-14-6-7-19(22,27-28(24,25)26)9-13(8-14)15-10-20-16-4-3-5-17(18(15)16)21-11-23/h3-5,9-12,14,20H,6-8H2,1-2H3,(H,21,23)(H2,24,25,26). The first-order chi connectivity index (χ1) is 13.2. The summed E-state index contributed by atoms with van der Waals surface area (Å²) in [6.45, 7) is 4.01. The van der Waals surface area contributed by atoms with Gasteiger partial charge in [0.1, 0.15) is 0 Å². The summed E-state index contributed by atoms with van der Waals surface area (Å²) in [5.41, 5.74) is 2.30. The Morgan fingerprint density at radius 1 is 1.43 bits per heavy atom. The average molecular weight is 405 g/mol. The molecule has 2 aliphatic rings. The highest BCUT2D eigenvalue weighted by molar-refractivity contribution is 7.46. The SMILES string of the molecule is CC(C)N1C2CCC1(OP(=O)(O)O)C=C(c1c[nH]c3cccc(NC=O)c13)C2. The van der Waals surface area contributed by atoms with Crippen LogP contribution in [0.15, 0.2) is 30.5 Å². The van der Waals surface area contributed by atoms with Gasteiger partial charge in [-0.05, 0) is 56.9 Å². The summed E-state index contributed by atoms with van der Waals surface area (Å²) in [7, 11) is -4.69. The molecule has 1 aromatic carbocycles. The van der Waals surface area contributed by atoms with Crippen molar-refractivity contribution >= 4 is 36.4 Å². The van der Waals surface area contributed by atoms with E-state index in [1.165, 1.54) is 0 Å². The number of hydrogen-bond donors (Lipinski definition) is 4. The molecular formula is C19H24N3O5P. The Bertz CT molecular complexity index is 995. The quantitative estimate of drug-likeness (QED) is 0.433. The number of rotatable bonds is 6. The van der Waals surface area contributed by atoms with Crippen molar-refractivity contribution in [3.63, 3.8) is 0 Å². The number of carbonyl (C=O) groups is 1. The van der Waals surface area contributed by atoms with Gasteiger partial charge in [-0.15, -0.1) is 0 Å². The molecule has 0 aliphatic carbocycles. The molecule has 2 aliphatic heterocycles. The molecule has 0 saturated carbocycles. The van der Waals surface area contributed by atoms with Crippen LogP contribution in [-0.4, -0.2) is 43.9 Å². The van der Waals surface area contributed by atoms with Gasteiger partial charge < -0.3 is 20.1 Å². The lowest BCUT2D eigenvalue weighted by Crippen LogP contribution is -2.53. The minimum atomic E-state index is -4.69. The van der Waals surface area contributed by atoms with Gasteiger partial charge in [0.05, 0.1) is 5.69 Å². The summed E-state index contributed by atoms with van der Waals surface area (Å²) in [4.78, 5) is 35.4. The average Bonchev–Trinajstić information content (AvgIpc) is 3.12. The molecule has 1 amide bonds. The largest absolute Gasteiger partial charge is 0.471 e. The number of benzene rings is 1. The minimum absolute atomic E-state index is 0.0760. The van der Waals surface area contributed by atoms with E-state index in [1.807, 2.05) is 44.3 Å². The fourth-order valence-corrected chi connectivity index (χ4v) is 5.53. The van der Waals surface area contributed by atoms with E-state index in [4.69, 9.17) is 4.52 Å². The number of aromatic amines is 1. The fourth-order valence-electron chi connectivity index (χ4n) is 4.88. The van der Waals surface area contributed by atoms with Gasteiger partial charge in [0.25, 0.3) is 0 Å². The molecule has 4 N–H and O–H groups in total. The van der Waals surface area contributed by atoms with E-state index in [1.54, 1.807) is 0 Å². The molecule has 2 unspecified atom stereocenters. The second-order valence-electron chi connectivity index (χ2n) is 7.69. The number of amides is 1. The third-order valence-electron chi connectivity index (χ3n) is 5.62. The lowest BCUT2D eigenvalue weighted by molar-refractivity contribution is -0.105. The zero-order chi connectivity index (χ0) is 20.1. The Morgan fingerprint density at radius 3 is 2.89 bits per heavy atom. The smallest absolute Gasteiger partial charge is 0.360 e. The first-order valence-electron chi connectivity index (χ1n) is 9.31. The number of anilines is 1. The zero-order valence-corrected chi connectivity index (χ0v) is 16.6. The number of nitrogens with zero attached hydrogens (tertiary/aromatic N) is 1. The van der Waals surface area contributed by atoms with Gasteiger partial charge in [-0.2, -0.15) is 0 Å². The van der Waals surface area contributed by atoms with E-state index in [9.17, 15) is 19.1 Å². The predicted octanol–water partition coefficient (Wildman–Crippen LogP) is 3.20. The van der Waals surface area contributed by atoms with Crippen LogP contribution in [0.5, 0.6) is 0 Å². The molecule has 8 nitrogen and oxygen atoms in total. The normalized spacial score (nSPS) is 25.3. The molecule has 2 aromatic rings. The van der Waals surface area contributed by atoms with E-state index in [-0.39, 0.29) is 12.1 Å². The maximum atomic E-state index is 11.8. The molecule has 0 spiro atoms. The van der Waals surface area contributed by atoms with Crippen molar-refractivity contribution in [3.05, 3.63) is 36.0 Å². The van der Waals surface area contributed by atoms with E-state index in [2.05, 4.69) is 15.2 Å². The number of nitrogens with one attached hydrogen (secondary N) is 2. The monoisotopic (exact) mass is 405 g/mol. The molecular weight excluding hydrogens is 381 g/mol. The van der Waals surface area contributed by atoms with Crippen molar-refractivity contribution in [3.8, 4) is 0 Å². The van der Waals surface area contributed by atoms with Crippen LogP contribution in [0.25, 0.3) is 16.5 Å². The first kappa shape index (κ1) is 19.4. The van der Waals surface area contributed by atoms with E-state index in [0.717, 1.165) is 34.9 Å². The van der Waals surface area contributed by atoms with Crippen LogP contribution in [0.4, 0.5) is 5.69 Å². The third-order valence-corrected chi connectivity index (χ3v) is 6.18. The van der Waals surface area contributed by atoms with Crippen molar-refractivity contribution in [2.24, 2.45) is 0 Å². The number of carbonyl (C=O) groups excluding carboxylic acids is 1. The molecule has 1 fully saturated rings. The first-order valence-corrected chi connectivity index (χ1v) is 10.8. The van der Waals surface area contributed by atoms with Gasteiger partial charge >= 0.3 is 7.82 Å². The van der Waals surface area contributed by atoms with E-state index in [0.29, 0.717) is 18.5 Å². The second-order valence-corrected chi connectivity index (χ2v) is 8.85. The molecule has 0 radical (unpaired) electrons. The Labute approximate surface area is 162 Å². The topological polar surface area (TPSA) is 115 Å². The Balaban J connectivity index is 1.86. The van der Waals surface area contributed by atoms with Crippen molar-refractivity contribution < 1.29 is 23.7 Å². The molecule has 28 heavy (non-hydrogen) atoms. The van der Waals surface area contributed by atoms with Crippen LogP contribution in [0.2, 0.25) is 0 Å². The van der Waals surface area contributed by atoms with Gasteiger partial charge in [-0.3, -0.25) is 14.2 Å². The molecule has 150 valence electrons. The summed E-state index contributed by atoms with van der Waals surface area (Å²) in [5, 5.41) is 3.61. The number of H-pyrrole nitrogens is 1. The minimum Gasteiger partial charge on any atom is -0.360 e. The summed E-state index contributed by atoms with van der Waals surface area (Å²) in [6.07, 6.45) is 6.43. The summed E-state index contributed by atoms with van der Waals surface area (Å²) >= 11 is 0. The summed E-state index contributed by atoms with van der Waals surface area (Å²) in [5.74, 6) is 0. The lowest BCUT2D eigenvalue weighted by atomic mass is 9.92. The van der Waals surface area contributed by atoms with Gasteiger partial charge in [0.15, 0.2) is 5.72 Å². The third kappa shape index (κ3) is 3.21. The van der Waals surface area contributed by atoms with E-state index < -0.39 is 13.5 Å². The highest BCUT2D eigenvalue weighted by atomic mass is 31.2. The van der Waals surface area contributed by atoms with Crippen LogP contribution in [-0.2, 0) is 13.9 Å². The number of aromatic nitrogens is 1. The van der Waals surface area contributed by atoms with E-state index >= 15 is 0 Å². The zero-order valence-electron chi connectivity index (χ0n) is 15.8. The molecule has 3 heterocycles. The molecule has 4 rings (SSSR count). The van der Waals surface area contributed by atoms with Gasteiger partial charge in [0.2, 0.25) is 6.41 Å². The van der Waals surface area contributed by atoms with Crippen LogP contribution in [0, 0.1) is 0 Å². The van der Waals surface area contributed by atoms with Crippen molar-refractivity contribution in [1.82, 2.24) is 9.88 Å². The Morgan fingerprint density at radius 2 is 2.21 bits per heavy atom. The highest BCUT2D eigenvalue weighted by Crippen LogP contribution is 2.54. The van der Waals surface area contributed by atoms with Crippen LogP contribution in [0.1, 0.15) is 38.7 Å². The van der Waals surface area contributed by atoms with Crippen LogP contribution < -0.4 is 5.32 Å². The van der Waals surface area contributed by atoms with Crippen molar-refractivity contribution in [2.75, 3.05) is 5.32 Å². The number of hydrogen-bond acceptors (Lipinski definition) is 4. The summed E-state index contributed by atoms with van der Waals surface area (Å²) in [6, 6.07) is 5.81. The molecule has 2 bridgehead atoms. The lowest BCUT2D eigenvalue weighted by Gasteiger charge is -2.45. The molecule has 1 saturated heterocycles. The maximum Gasteiger partial charge on any atom is 0.471 e. The highest BCUT2D eigenvalue weighted by Gasteiger charge is 2.53. The fraction of sp³-hybridized carbons (Fsp3) is 0.421. The summed E-state index contributed by atoms with van der Waals surface area (Å²) < 4.78 is 17.1. The van der Waals surface area contributed by atoms with Gasteiger partial charge in [-0.25, -0.2) is 4.57 Å². The van der Waals surface area contributed by atoms with Crippen LogP contribution >= 0.6 is 7.82 Å². The van der Waals surface area contributed by atoms with Crippen molar-refractivity contribution in [2.45, 2.75) is 50.9 Å². The molecule has 1 aromatic heterocycles. The molecule has 2 atom stereocenters. The second kappa shape index (κ2) is 6.83. The Kier molecular flexibility index (Phi) is 4.72. The van der Waals surface area contributed by atoms with Gasteiger partial charge in [0, 0.05) is 34.7 Å².